The van der Waals surface area contributed by atoms with Gasteiger partial charge in [-0.1, -0.05) is 53.5 Å². The number of halogens is 2. The summed E-state index contributed by atoms with van der Waals surface area (Å²) in [6.07, 6.45) is 1.04. The number of carbonyl (C=O) groups is 1. The topological polar surface area (TPSA) is 133 Å². The second kappa shape index (κ2) is 14.7. The molecule has 3 aliphatic heterocycles. The molecule has 0 aliphatic carbocycles. The van der Waals surface area contributed by atoms with Gasteiger partial charge in [0.1, 0.15) is 48.6 Å². The van der Waals surface area contributed by atoms with Crippen molar-refractivity contribution < 1.29 is 37.4 Å². The van der Waals surface area contributed by atoms with Crippen LogP contribution in [-0.4, -0.2) is 94.6 Å². The normalized spacial score (nSPS) is 21.1. The number of carboxylic acid groups (broad SMARTS) is 1. The van der Waals surface area contributed by atoms with E-state index in [4.69, 9.17) is 24.2 Å². The summed E-state index contributed by atoms with van der Waals surface area (Å²) in [6, 6.07) is 5.03. The van der Waals surface area contributed by atoms with E-state index in [1.807, 2.05) is 11.8 Å². The number of rotatable bonds is 8. The first-order valence-electron chi connectivity index (χ1n) is 18.7. The van der Waals surface area contributed by atoms with Gasteiger partial charge in [0.15, 0.2) is 18.4 Å². The number of anilines is 1. The van der Waals surface area contributed by atoms with Crippen molar-refractivity contribution in [2.24, 2.45) is 0 Å². The fraction of sp³-hybridized carbons (Fsp3) is 0.500. The summed E-state index contributed by atoms with van der Waals surface area (Å²) < 4.78 is 64.5. The molecule has 1 amide bonds. The average molecular weight is 792 g/mol. The molecule has 0 spiro atoms. The van der Waals surface area contributed by atoms with Gasteiger partial charge in [-0.2, -0.15) is 9.97 Å². The predicted molar refractivity (Wildman–Crippen MR) is 211 cm³/mol. The van der Waals surface area contributed by atoms with Gasteiger partial charge >= 0.3 is 11.2 Å². The van der Waals surface area contributed by atoms with Crippen LogP contribution in [0.2, 0.25) is 16.6 Å². The van der Waals surface area contributed by atoms with Gasteiger partial charge in [-0.15, -0.1) is 5.54 Å². The van der Waals surface area contributed by atoms with Crippen LogP contribution in [0.3, 0.4) is 0 Å². The van der Waals surface area contributed by atoms with E-state index in [9.17, 15) is 14.5 Å². The number of aromatic nitrogens is 3. The Bertz CT molecular complexity index is 2230. The molecule has 55 heavy (non-hydrogen) atoms. The van der Waals surface area contributed by atoms with Crippen LogP contribution in [0.25, 0.3) is 32.9 Å². The van der Waals surface area contributed by atoms with Gasteiger partial charge in [0.2, 0.25) is 5.88 Å². The zero-order valence-electron chi connectivity index (χ0n) is 32.6. The highest BCUT2D eigenvalue weighted by Crippen LogP contribution is 2.47. The molecular weight excluding hydrogens is 745 g/mol. The van der Waals surface area contributed by atoms with E-state index in [0.29, 0.717) is 29.4 Å². The molecule has 2 aromatic heterocycles. The summed E-state index contributed by atoms with van der Waals surface area (Å²) >= 11 is -1.72. The lowest BCUT2D eigenvalue weighted by Crippen LogP contribution is -2.64. The highest BCUT2D eigenvalue weighted by Gasteiger charge is 2.53. The van der Waals surface area contributed by atoms with Crippen LogP contribution in [0, 0.1) is 23.1 Å². The molecule has 292 valence electrons. The van der Waals surface area contributed by atoms with Crippen molar-refractivity contribution in [3.05, 3.63) is 41.5 Å². The third kappa shape index (κ3) is 6.35. The van der Waals surface area contributed by atoms with E-state index >= 15 is 8.78 Å². The molecule has 3 aliphatic rings. The van der Waals surface area contributed by atoms with E-state index in [2.05, 4.69) is 58.0 Å². The van der Waals surface area contributed by atoms with E-state index in [0.717, 1.165) is 0 Å². The molecule has 2 bridgehead atoms. The smallest absolute Gasteiger partial charge is 0.407 e. The van der Waals surface area contributed by atoms with Crippen molar-refractivity contribution in [1.29, 1.82) is 0 Å². The van der Waals surface area contributed by atoms with E-state index < -0.39 is 55.2 Å². The first kappa shape index (κ1) is 39.0. The van der Waals surface area contributed by atoms with Gasteiger partial charge in [-0.05, 0) is 60.0 Å². The molecule has 2 fully saturated rings. The molecule has 2 saturated heterocycles. The minimum absolute atomic E-state index is 0.0285. The van der Waals surface area contributed by atoms with Crippen LogP contribution in [0.4, 0.5) is 19.4 Å². The number of amides is 1. The van der Waals surface area contributed by atoms with Gasteiger partial charge < -0.3 is 28.8 Å². The number of methoxy groups -OCH3 is 1. The summed E-state index contributed by atoms with van der Waals surface area (Å²) in [4.78, 5) is 29.9. The number of benzene rings is 2. The molecule has 4 aromatic rings. The molecule has 11 nitrogen and oxygen atoms in total. The van der Waals surface area contributed by atoms with Crippen LogP contribution in [-0.2, 0) is 15.9 Å². The molecule has 2 aromatic carbocycles. The summed E-state index contributed by atoms with van der Waals surface area (Å²) in [6.45, 7) is 15.1. The van der Waals surface area contributed by atoms with Crippen molar-refractivity contribution >= 4 is 52.8 Å². The summed E-state index contributed by atoms with van der Waals surface area (Å²) in [5, 5.41) is 11.1. The Morgan fingerprint density at radius 1 is 1.09 bits per heavy atom. The van der Waals surface area contributed by atoms with Gasteiger partial charge in [0.05, 0.1) is 23.7 Å². The van der Waals surface area contributed by atoms with Gasteiger partial charge in [-0.25, -0.2) is 18.6 Å². The van der Waals surface area contributed by atoms with Crippen molar-refractivity contribution in [2.75, 3.05) is 31.6 Å². The monoisotopic (exact) mass is 791 g/mol. The highest BCUT2D eigenvalue weighted by molar-refractivity contribution is 7.90. The van der Waals surface area contributed by atoms with E-state index in [-0.39, 0.29) is 80.6 Å². The lowest BCUT2D eigenvalue weighted by molar-refractivity contribution is 0.0512. The SMILES string of the molecule is COCOc1cc(-c2nc3c4c(nc([S+](C)[O-])nc4c2F)N2CC4CCC(C2C(C)O3)N4C(=O)O)c2c(C#C[Si](C(C)C)(C(C)C)C(C)C)c(F)ccc2c1. The van der Waals surface area contributed by atoms with Crippen LogP contribution in [0.15, 0.2) is 29.4 Å². The Balaban J connectivity index is 1.53. The maximum Gasteiger partial charge on any atom is 0.407 e. The minimum atomic E-state index is -2.34. The molecule has 0 saturated carbocycles. The first-order chi connectivity index (χ1) is 26.1. The minimum Gasteiger partial charge on any atom is -0.609 e. The molecule has 15 heteroatoms. The average Bonchev–Trinajstić information content (AvgIpc) is 3.38. The van der Waals surface area contributed by atoms with Crippen molar-refractivity contribution in [1.82, 2.24) is 19.9 Å². The molecule has 5 heterocycles. The van der Waals surface area contributed by atoms with Crippen LogP contribution >= 0.6 is 0 Å². The second-order valence-corrected chi connectivity index (χ2v) is 22.6. The van der Waals surface area contributed by atoms with Crippen molar-refractivity contribution in [2.45, 2.75) is 107 Å². The summed E-state index contributed by atoms with van der Waals surface area (Å²) in [5.74, 6) is 2.53. The second-order valence-electron chi connectivity index (χ2n) is 15.7. The maximum absolute atomic E-state index is 17.5. The standard InChI is InChI=1S/C40H47F2N5O6SSi/c1-20(2)55(21(3)4,22(5)6)15-14-27-29(41)12-10-24-16-26(52-19-51-8)17-28(31(24)27)34-33(42)35-32-37(45-39(44-35)54(9)50)46-18-25-11-13-30(47(25)40(48)49)36(46)23(7)53-38(32)43-34/h10,12,16-17,20-23,25,30,36H,11,13,18-19H2,1-9H3,(H,48,49). The number of ether oxygens (including phenoxy) is 3. The fourth-order valence-corrected chi connectivity index (χ4v) is 15.2. The van der Waals surface area contributed by atoms with E-state index in [1.54, 1.807) is 18.2 Å². The Morgan fingerprint density at radius 3 is 2.44 bits per heavy atom. The van der Waals surface area contributed by atoms with Gasteiger partial charge in [0.25, 0.3) is 0 Å². The molecule has 5 atom stereocenters. The predicted octanol–water partition coefficient (Wildman–Crippen LogP) is 7.89. The third-order valence-electron chi connectivity index (χ3n) is 11.9. The molecule has 0 radical (unpaired) electrons. The number of pyridine rings is 1. The summed E-state index contributed by atoms with van der Waals surface area (Å²) in [7, 11) is -0.856. The third-order valence-corrected chi connectivity index (χ3v) is 18.8. The maximum atomic E-state index is 17.5. The Morgan fingerprint density at radius 2 is 1.80 bits per heavy atom. The van der Waals surface area contributed by atoms with Crippen LogP contribution < -0.4 is 14.4 Å². The zero-order chi connectivity index (χ0) is 39.7. The quantitative estimate of drug-likeness (QED) is 0.0618. The Hall–Kier alpha value is -4.23. The largest absolute Gasteiger partial charge is 0.609 e. The van der Waals surface area contributed by atoms with Gasteiger partial charge in [-0.3, -0.25) is 4.90 Å². The highest BCUT2D eigenvalue weighted by atomic mass is 32.2. The van der Waals surface area contributed by atoms with Crippen molar-refractivity contribution in [3.8, 4) is 34.4 Å². The number of nitrogens with zero attached hydrogens (tertiary/aromatic N) is 5. The number of piperazine rings is 1. The van der Waals surface area contributed by atoms with Crippen LogP contribution in [0.5, 0.6) is 11.6 Å². The lowest BCUT2D eigenvalue weighted by Gasteiger charge is -2.47. The fourth-order valence-electron chi connectivity index (χ4n) is 9.56. The number of hydrogen-bond acceptors (Lipinski definition) is 9. The Labute approximate surface area is 324 Å². The summed E-state index contributed by atoms with van der Waals surface area (Å²) in [5.41, 5.74) is 4.44. The number of fused-ring (bicyclic) bond motifs is 6. The molecule has 1 N–H and O–H groups in total. The number of hydrogen-bond donors (Lipinski definition) is 1. The lowest BCUT2D eigenvalue weighted by atomic mass is 9.95. The molecular formula is C40H47F2N5O6SSi. The van der Waals surface area contributed by atoms with Crippen LogP contribution in [0.1, 0.15) is 66.9 Å². The van der Waals surface area contributed by atoms with E-state index in [1.165, 1.54) is 24.3 Å². The van der Waals surface area contributed by atoms with Crippen molar-refractivity contribution in [3.63, 3.8) is 0 Å². The zero-order valence-corrected chi connectivity index (χ0v) is 34.4. The molecule has 7 rings (SSSR count). The van der Waals surface area contributed by atoms with Gasteiger partial charge in [0, 0.05) is 35.8 Å². The first-order valence-corrected chi connectivity index (χ1v) is 22.5. The Kier molecular flexibility index (Phi) is 10.4. The molecule has 5 unspecified atom stereocenters.